The highest BCUT2D eigenvalue weighted by molar-refractivity contribution is 7.87. The number of nitrogens with one attached hydrogen (secondary N) is 2. The molecule has 3 N–H and O–H groups in total. The zero-order valence-corrected chi connectivity index (χ0v) is 10.2. The molecule has 1 atom stereocenters. The van der Waals surface area contributed by atoms with Crippen LogP contribution in [0.5, 0.6) is 0 Å². The molecule has 1 saturated heterocycles. The molecular formula is C8H15N3O5S. The van der Waals surface area contributed by atoms with Crippen molar-refractivity contribution in [1.29, 1.82) is 0 Å². The molecule has 1 aliphatic heterocycles. The Hall–Kier alpha value is -1.19. The number of piperazine rings is 1. The first-order valence-electron chi connectivity index (χ1n) is 5.14. The van der Waals surface area contributed by atoms with E-state index in [2.05, 4.69) is 10.0 Å². The van der Waals surface area contributed by atoms with Gasteiger partial charge in [-0.3, -0.25) is 9.59 Å². The average Bonchev–Trinajstić information content (AvgIpc) is 2.26. The van der Waals surface area contributed by atoms with Crippen LogP contribution in [0, 0.1) is 0 Å². The highest BCUT2D eigenvalue weighted by Crippen LogP contribution is 2.09. The molecule has 1 rings (SSSR count). The van der Waals surface area contributed by atoms with Crippen LogP contribution in [-0.4, -0.2) is 55.4 Å². The molecular weight excluding hydrogens is 250 g/mol. The van der Waals surface area contributed by atoms with Crippen LogP contribution in [0.2, 0.25) is 0 Å². The van der Waals surface area contributed by atoms with Crippen LogP contribution < -0.4 is 10.0 Å². The molecule has 1 fully saturated rings. The van der Waals surface area contributed by atoms with Gasteiger partial charge in [-0.05, 0) is 6.42 Å². The van der Waals surface area contributed by atoms with Gasteiger partial charge in [-0.1, -0.05) is 6.92 Å². The first kappa shape index (κ1) is 13.9. The molecule has 0 aromatic rings. The molecule has 9 heteroatoms. The minimum atomic E-state index is -3.93. The second kappa shape index (κ2) is 5.43. The number of hydrogen-bond donors (Lipinski definition) is 3. The molecule has 0 spiro atoms. The number of rotatable bonds is 5. The third-order valence-corrected chi connectivity index (χ3v) is 3.84. The first-order valence-corrected chi connectivity index (χ1v) is 6.58. The summed E-state index contributed by atoms with van der Waals surface area (Å²) in [5.41, 5.74) is 0. The normalized spacial score (nSPS) is 22.2. The van der Waals surface area contributed by atoms with Crippen molar-refractivity contribution < 1.29 is 23.1 Å². The molecule has 98 valence electrons. The highest BCUT2D eigenvalue weighted by atomic mass is 32.2. The Morgan fingerprint density at radius 3 is 2.82 bits per heavy atom. The lowest BCUT2D eigenvalue weighted by Crippen LogP contribution is -2.61. The van der Waals surface area contributed by atoms with Crippen molar-refractivity contribution in [2.75, 3.05) is 19.6 Å². The van der Waals surface area contributed by atoms with Gasteiger partial charge in [0.05, 0.1) is 6.54 Å². The number of hydrogen-bond acceptors (Lipinski definition) is 4. The summed E-state index contributed by atoms with van der Waals surface area (Å²) in [5.74, 6) is -1.80. The Kier molecular flexibility index (Phi) is 4.43. The minimum Gasteiger partial charge on any atom is -0.480 e. The van der Waals surface area contributed by atoms with E-state index in [4.69, 9.17) is 5.11 Å². The van der Waals surface area contributed by atoms with Crippen molar-refractivity contribution in [3.8, 4) is 0 Å². The van der Waals surface area contributed by atoms with E-state index < -0.39 is 34.7 Å². The number of amides is 1. The molecule has 1 aliphatic rings. The van der Waals surface area contributed by atoms with Gasteiger partial charge in [-0.2, -0.15) is 12.7 Å². The zero-order chi connectivity index (χ0) is 13.1. The van der Waals surface area contributed by atoms with E-state index in [1.54, 1.807) is 6.92 Å². The number of carbonyl (C=O) groups excluding carboxylic acids is 1. The highest BCUT2D eigenvalue weighted by Gasteiger charge is 2.39. The molecule has 0 saturated carbocycles. The molecule has 0 aromatic heterocycles. The summed E-state index contributed by atoms with van der Waals surface area (Å²) in [7, 11) is -3.93. The summed E-state index contributed by atoms with van der Waals surface area (Å²) in [6.45, 7) is 1.28. The van der Waals surface area contributed by atoms with Crippen LogP contribution in [0.15, 0.2) is 0 Å². The van der Waals surface area contributed by atoms with Crippen LogP contribution in [0.25, 0.3) is 0 Å². The molecule has 0 bridgehead atoms. The third-order valence-electron chi connectivity index (χ3n) is 2.27. The number of nitrogens with zero attached hydrogens (tertiary/aromatic N) is 1. The topological polar surface area (TPSA) is 116 Å². The van der Waals surface area contributed by atoms with Crippen LogP contribution >= 0.6 is 0 Å². The largest absolute Gasteiger partial charge is 0.480 e. The number of carboxylic acid groups (broad SMARTS) is 1. The predicted molar refractivity (Wildman–Crippen MR) is 58.4 cm³/mol. The van der Waals surface area contributed by atoms with E-state index in [0.717, 1.165) is 0 Å². The molecule has 8 nitrogen and oxygen atoms in total. The molecule has 0 aromatic carbocycles. The van der Waals surface area contributed by atoms with E-state index >= 15 is 0 Å². The van der Waals surface area contributed by atoms with Crippen molar-refractivity contribution in [1.82, 2.24) is 14.3 Å². The van der Waals surface area contributed by atoms with E-state index in [1.807, 2.05) is 0 Å². The maximum atomic E-state index is 11.8. The van der Waals surface area contributed by atoms with E-state index in [0.29, 0.717) is 10.7 Å². The Labute approximate surface area is 99.2 Å². The van der Waals surface area contributed by atoms with Gasteiger partial charge in [0.2, 0.25) is 5.91 Å². The Bertz CT molecular complexity index is 407. The lowest BCUT2D eigenvalue weighted by molar-refractivity contribution is -0.143. The average molecular weight is 265 g/mol. The predicted octanol–water partition coefficient (Wildman–Crippen LogP) is -1.88. The molecule has 1 amide bonds. The van der Waals surface area contributed by atoms with Gasteiger partial charge in [0.25, 0.3) is 10.2 Å². The van der Waals surface area contributed by atoms with Crippen molar-refractivity contribution in [3.63, 3.8) is 0 Å². The standard InChI is InChI=1S/C8H15N3O5S/c1-2-3-10-17(15,16)11-5-7(12)9-4-6(11)8(13)14/h6,10H,2-5H2,1H3,(H,9,12)(H,13,14). The van der Waals surface area contributed by atoms with Crippen molar-refractivity contribution in [3.05, 3.63) is 0 Å². The summed E-state index contributed by atoms with van der Waals surface area (Å²) < 4.78 is 26.5. The second-order valence-electron chi connectivity index (χ2n) is 3.60. The third kappa shape index (κ3) is 3.38. The molecule has 0 radical (unpaired) electrons. The van der Waals surface area contributed by atoms with Gasteiger partial charge in [0, 0.05) is 13.1 Å². The van der Waals surface area contributed by atoms with Gasteiger partial charge in [-0.15, -0.1) is 0 Å². The molecule has 0 aliphatic carbocycles. The van der Waals surface area contributed by atoms with Crippen LogP contribution in [0.3, 0.4) is 0 Å². The smallest absolute Gasteiger partial charge is 0.323 e. The summed E-state index contributed by atoms with van der Waals surface area (Å²) in [5, 5.41) is 11.2. The van der Waals surface area contributed by atoms with E-state index in [1.165, 1.54) is 0 Å². The van der Waals surface area contributed by atoms with Gasteiger partial charge >= 0.3 is 5.97 Å². The quantitative estimate of drug-likeness (QED) is 0.538. The van der Waals surface area contributed by atoms with Gasteiger partial charge < -0.3 is 10.4 Å². The molecule has 1 unspecified atom stereocenters. The SMILES string of the molecule is CCCNS(=O)(=O)N1CC(=O)NCC1C(=O)O. The van der Waals surface area contributed by atoms with E-state index in [-0.39, 0.29) is 13.1 Å². The first-order chi connectivity index (χ1) is 7.88. The van der Waals surface area contributed by atoms with Crippen LogP contribution in [0.4, 0.5) is 0 Å². The number of carboxylic acids is 1. The Balaban J connectivity index is 2.89. The molecule has 1 heterocycles. The van der Waals surface area contributed by atoms with Crippen LogP contribution in [0.1, 0.15) is 13.3 Å². The Morgan fingerprint density at radius 1 is 1.65 bits per heavy atom. The minimum absolute atomic E-state index is 0.201. The monoisotopic (exact) mass is 265 g/mol. The van der Waals surface area contributed by atoms with Gasteiger partial charge in [0.1, 0.15) is 6.04 Å². The fourth-order valence-electron chi connectivity index (χ4n) is 1.40. The summed E-state index contributed by atoms with van der Waals surface area (Å²) in [6, 6.07) is -1.26. The van der Waals surface area contributed by atoms with Crippen molar-refractivity contribution >= 4 is 22.1 Å². The second-order valence-corrected chi connectivity index (χ2v) is 5.31. The van der Waals surface area contributed by atoms with Crippen molar-refractivity contribution in [2.45, 2.75) is 19.4 Å². The molecule has 17 heavy (non-hydrogen) atoms. The Morgan fingerprint density at radius 2 is 2.29 bits per heavy atom. The lowest BCUT2D eigenvalue weighted by Gasteiger charge is -2.31. The van der Waals surface area contributed by atoms with Gasteiger partial charge in [0.15, 0.2) is 0 Å². The number of carbonyl (C=O) groups is 2. The summed E-state index contributed by atoms with van der Waals surface area (Å²) >= 11 is 0. The maximum Gasteiger partial charge on any atom is 0.323 e. The summed E-state index contributed by atoms with van der Waals surface area (Å²) in [6.07, 6.45) is 0.580. The summed E-state index contributed by atoms with van der Waals surface area (Å²) in [4.78, 5) is 22.0. The van der Waals surface area contributed by atoms with E-state index in [9.17, 15) is 18.0 Å². The number of aliphatic carboxylic acids is 1. The fourth-order valence-corrected chi connectivity index (χ4v) is 2.81. The van der Waals surface area contributed by atoms with Crippen LogP contribution in [-0.2, 0) is 19.8 Å². The maximum absolute atomic E-state index is 11.8. The lowest BCUT2D eigenvalue weighted by atomic mass is 10.2. The fraction of sp³-hybridized carbons (Fsp3) is 0.750. The van der Waals surface area contributed by atoms with Gasteiger partial charge in [-0.25, -0.2) is 4.72 Å². The van der Waals surface area contributed by atoms with Crippen molar-refractivity contribution in [2.24, 2.45) is 0 Å². The zero-order valence-electron chi connectivity index (χ0n) is 9.34.